The highest BCUT2D eigenvalue weighted by Crippen LogP contribution is 2.46. The van der Waals surface area contributed by atoms with Crippen LogP contribution in [0.1, 0.15) is 301 Å². The lowest BCUT2D eigenvalue weighted by Gasteiger charge is -2.28. The van der Waals surface area contributed by atoms with Gasteiger partial charge < -0.3 is 9.80 Å². The third kappa shape index (κ3) is 25.9. The van der Waals surface area contributed by atoms with Crippen molar-refractivity contribution in [1.29, 1.82) is 0 Å². The molecule has 12 heteroatoms. The zero-order chi connectivity index (χ0) is 57.7. The van der Waals surface area contributed by atoms with Gasteiger partial charge in [0.15, 0.2) is 0 Å². The molecule has 5 heterocycles. The van der Waals surface area contributed by atoms with E-state index >= 15 is 4.79 Å². The number of thiazole rings is 2. The van der Waals surface area contributed by atoms with E-state index < -0.39 is 0 Å². The van der Waals surface area contributed by atoms with Crippen LogP contribution < -0.4 is 0 Å². The van der Waals surface area contributed by atoms with E-state index in [9.17, 15) is 4.79 Å². The lowest BCUT2D eigenvalue weighted by atomic mass is 9.92. The fourth-order valence-electron chi connectivity index (χ4n) is 12.1. The van der Waals surface area contributed by atoms with E-state index in [1.165, 1.54) is 231 Å². The van der Waals surface area contributed by atoms with Gasteiger partial charge in [0.25, 0.3) is 5.91 Å². The minimum absolute atomic E-state index is 0.0188. The lowest BCUT2D eigenvalue weighted by Crippen LogP contribution is -2.33. The van der Waals surface area contributed by atoms with Gasteiger partial charge in [-0.1, -0.05) is 259 Å². The Hall–Kier alpha value is -1.96. The van der Waals surface area contributed by atoms with Gasteiger partial charge in [0.1, 0.15) is 10.0 Å². The molecule has 0 radical (unpaired) electrons. The van der Waals surface area contributed by atoms with Crippen LogP contribution in [0.5, 0.6) is 0 Å². The van der Waals surface area contributed by atoms with E-state index in [1.54, 1.807) is 45.3 Å². The Morgan fingerprint density at radius 3 is 1.25 bits per heavy atom. The molecule has 2 atom stereocenters. The van der Waals surface area contributed by atoms with E-state index in [0.717, 1.165) is 86.2 Å². The summed E-state index contributed by atoms with van der Waals surface area (Å²) in [4.78, 5) is 48.6. The molecule has 0 saturated heterocycles. The smallest absolute Gasteiger partial charge is 0.260 e. The largest absolute Gasteiger partial charge is 0.313 e. The Labute approximate surface area is 527 Å². The number of thiophene rings is 2. The summed E-state index contributed by atoms with van der Waals surface area (Å²) in [5, 5.41) is 1.87. The van der Waals surface area contributed by atoms with Crippen LogP contribution in [0.25, 0.3) is 31.2 Å². The van der Waals surface area contributed by atoms with Crippen molar-refractivity contribution >= 4 is 101 Å². The predicted octanol–water partition coefficient (Wildman–Crippen LogP) is 24.9. The van der Waals surface area contributed by atoms with E-state index in [-0.39, 0.29) is 5.91 Å². The van der Waals surface area contributed by atoms with Gasteiger partial charge in [0, 0.05) is 25.5 Å². The quantitative estimate of drug-likeness (QED) is 0.0251. The number of amides is 2. The monoisotopic (exact) mass is 1310 g/mol. The number of halogens is 2. The van der Waals surface area contributed by atoms with Crippen molar-refractivity contribution in [3.8, 4) is 19.8 Å². The van der Waals surface area contributed by atoms with Crippen molar-refractivity contribution in [2.45, 2.75) is 291 Å². The van der Waals surface area contributed by atoms with Gasteiger partial charge in [-0.25, -0.2) is 9.97 Å². The summed E-state index contributed by atoms with van der Waals surface area (Å²) in [6, 6.07) is 8.44. The van der Waals surface area contributed by atoms with Crippen LogP contribution in [-0.2, 0) is 9.59 Å². The van der Waals surface area contributed by atoms with Gasteiger partial charge in [-0.2, -0.15) is 0 Å². The molecule has 4 aromatic heterocycles. The highest BCUT2D eigenvalue weighted by Gasteiger charge is 2.40. The van der Waals surface area contributed by atoms with E-state index in [0.29, 0.717) is 30.5 Å². The molecule has 0 aliphatic carbocycles. The Morgan fingerprint density at radius 2 is 0.864 bits per heavy atom. The summed E-state index contributed by atoms with van der Waals surface area (Å²) in [5.41, 5.74) is 3.30. The number of carbonyl (C=O) groups excluding carboxylic acids is 2. The average molecular weight is 1310 g/mol. The molecule has 0 spiro atoms. The molecular weight excluding hydrogens is 1200 g/mol. The number of hydrogen-bond acceptors (Lipinski definition) is 8. The van der Waals surface area contributed by atoms with Gasteiger partial charge in [-0.15, -0.1) is 45.3 Å². The molecule has 0 N–H and O–H groups in total. The summed E-state index contributed by atoms with van der Waals surface area (Å²) in [7, 11) is 0. The number of nitrogens with zero attached hydrogens (tertiary/aromatic N) is 4. The van der Waals surface area contributed by atoms with Crippen LogP contribution in [-0.4, -0.2) is 45.2 Å². The van der Waals surface area contributed by atoms with Crippen LogP contribution in [0.4, 0.5) is 0 Å². The highest BCUT2D eigenvalue weighted by molar-refractivity contribution is 9.11. The molecule has 0 fully saturated rings. The number of hydrogen-bond donors (Lipinski definition) is 0. The summed E-state index contributed by atoms with van der Waals surface area (Å²) < 4.78 is 2.14. The van der Waals surface area contributed by atoms with Gasteiger partial charge in [-0.3, -0.25) is 9.59 Å². The maximum absolute atomic E-state index is 16.1. The fraction of sp³-hybridized carbons (Fsp3) is 0.710. The Bertz CT molecular complexity index is 2360. The first kappa shape index (κ1) is 69.8. The van der Waals surface area contributed by atoms with E-state index in [4.69, 9.17) is 9.97 Å². The molecule has 4 aromatic rings. The second-order valence-corrected chi connectivity index (χ2v) is 30.8. The van der Waals surface area contributed by atoms with E-state index in [1.807, 2.05) is 17.3 Å². The van der Waals surface area contributed by atoms with Crippen molar-refractivity contribution in [2.75, 3.05) is 13.1 Å². The molecule has 0 saturated carbocycles. The van der Waals surface area contributed by atoms with Crippen LogP contribution in [0.3, 0.4) is 0 Å². The Morgan fingerprint density at radius 1 is 0.494 bits per heavy atom. The average Bonchev–Trinajstić information content (AvgIpc) is 4.49. The first-order chi connectivity index (χ1) is 39.7. The molecule has 81 heavy (non-hydrogen) atoms. The molecule has 6 nitrogen and oxygen atoms in total. The van der Waals surface area contributed by atoms with Gasteiger partial charge in [0.05, 0.1) is 44.0 Å². The Kier molecular flexibility index (Phi) is 36.9. The van der Waals surface area contributed by atoms with Gasteiger partial charge in [-0.05, 0) is 106 Å². The summed E-state index contributed by atoms with van der Waals surface area (Å²) in [6.07, 6.45) is 56.4. The van der Waals surface area contributed by atoms with Crippen molar-refractivity contribution in [3.63, 3.8) is 0 Å². The zero-order valence-corrected chi connectivity index (χ0v) is 57.8. The van der Waals surface area contributed by atoms with Gasteiger partial charge >= 0.3 is 0 Å². The van der Waals surface area contributed by atoms with Crippen LogP contribution in [0.2, 0.25) is 0 Å². The molecule has 1 aliphatic rings. The van der Waals surface area contributed by atoms with Crippen molar-refractivity contribution < 1.29 is 9.59 Å². The molecule has 2 amide bonds. The first-order valence-electron chi connectivity index (χ1n) is 33.2. The second-order valence-electron chi connectivity index (χ2n) is 23.8. The minimum Gasteiger partial charge on any atom is -0.313 e. The van der Waals surface area contributed by atoms with Crippen molar-refractivity contribution in [3.05, 3.63) is 65.1 Å². The van der Waals surface area contributed by atoms with E-state index in [2.05, 4.69) is 95.6 Å². The first-order valence-corrected chi connectivity index (χ1v) is 38.0. The third-order valence-electron chi connectivity index (χ3n) is 16.9. The summed E-state index contributed by atoms with van der Waals surface area (Å²) >= 11 is 14.1. The van der Waals surface area contributed by atoms with Crippen molar-refractivity contribution in [1.82, 2.24) is 19.8 Å². The number of unbranched alkanes of at least 4 members (excludes halogenated alkanes) is 32. The summed E-state index contributed by atoms with van der Waals surface area (Å²) in [5.74, 6) is 0.731. The van der Waals surface area contributed by atoms with Gasteiger partial charge in [0.2, 0.25) is 6.41 Å². The van der Waals surface area contributed by atoms with Crippen LogP contribution >= 0.6 is 77.2 Å². The minimum atomic E-state index is 0.0188. The molecular formula is C69H108Br2N4O2S4. The predicted molar refractivity (Wildman–Crippen MR) is 365 cm³/mol. The Balaban J connectivity index is 1.51. The molecule has 5 rings (SSSR count). The fourth-order valence-corrected chi connectivity index (χ4v) is 17.0. The molecule has 454 valence electrons. The molecule has 2 unspecified atom stereocenters. The lowest BCUT2D eigenvalue weighted by molar-refractivity contribution is -0.123. The highest BCUT2D eigenvalue weighted by atomic mass is 79.9. The molecule has 1 aliphatic heterocycles. The summed E-state index contributed by atoms with van der Waals surface area (Å²) in [6.45, 7) is 12.6. The number of rotatable bonds is 50. The standard InChI is InChI=1S/C69H108Br2N4O2S4/c1-6-10-14-18-22-26-28-32-35-39-43-56(42-38-34-30-24-20-16-12-8-3)52-74(54-76)66(61-51-73-68(81-61)59-47-49-63(71)79-59)64-55(5)65(60-50-72-67(80-60)58-46-48-62(70)78-58)75(69(64)77)53-57(44-40-36-31-25-21-17-13-9-4)45-41-37-33-29-27-23-19-15-11-7-2/h46-51,54,56-57H,6-45,52-53H2,1-5H3/b66-64+. The molecule has 0 bridgehead atoms. The zero-order valence-electron chi connectivity index (χ0n) is 51.4. The van der Waals surface area contributed by atoms with Crippen molar-refractivity contribution in [2.24, 2.45) is 11.8 Å². The second kappa shape index (κ2) is 42.8. The normalized spacial score (nSPS) is 14.3. The maximum atomic E-state index is 16.1. The third-order valence-corrected chi connectivity index (χ3v) is 22.5. The maximum Gasteiger partial charge on any atom is 0.260 e. The molecule has 0 aromatic carbocycles. The topological polar surface area (TPSA) is 66.4 Å². The van der Waals surface area contributed by atoms with Crippen LogP contribution in [0.15, 0.2) is 55.4 Å². The van der Waals surface area contributed by atoms with Crippen LogP contribution in [0, 0.1) is 11.8 Å². The SMILES string of the molecule is CCCCCCCCCCCCC(CCCCCCCCCC)CN1C(=O)/C(=C(\c2cnc(-c3ccc(Br)s3)s2)N(C=O)CC(CCCCCCCCCC)CCCCCCCCCCCC)C(C)=C1c1cnc(-c2ccc(Br)s2)s1. The number of aromatic nitrogens is 2. The number of carbonyl (C=O) groups is 2.